The lowest BCUT2D eigenvalue weighted by Gasteiger charge is -2.08. The molecule has 0 spiro atoms. The van der Waals surface area contributed by atoms with Crippen LogP contribution in [0.2, 0.25) is 0 Å². The van der Waals surface area contributed by atoms with Gasteiger partial charge in [0, 0.05) is 7.11 Å². The van der Waals surface area contributed by atoms with Crippen molar-refractivity contribution in [1.82, 2.24) is 0 Å². The van der Waals surface area contributed by atoms with E-state index in [1.54, 1.807) is 0 Å². The third-order valence-electron chi connectivity index (χ3n) is 1.58. The Hall–Kier alpha value is 0.0700. The van der Waals surface area contributed by atoms with Gasteiger partial charge in [0.05, 0.1) is 6.61 Å². The zero-order valence-corrected chi connectivity index (χ0v) is 12.8. The molecule has 0 bridgehead atoms. The number of rotatable bonds is 8. The van der Waals surface area contributed by atoms with Crippen LogP contribution in [0.25, 0.3) is 0 Å². The van der Waals surface area contributed by atoms with Gasteiger partial charge in [-0.05, 0) is 19.4 Å². The van der Waals surface area contributed by atoms with Crippen molar-refractivity contribution in [3.8, 4) is 0 Å². The molecule has 1 atom stereocenters. The van der Waals surface area contributed by atoms with E-state index >= 15 is 0 Å². The fraction of sp³-hybridized carbons (Fsp3) is 1.00. The molecule has 0 aliphatic carbocycles. The number of unbranched alkanes of at least 4 members (excludes halogenated alkanes) is 3. The van der Waals surface area contributed by atoms with E-state index in [2.05, 4.69) is 9.05 Å². The Morgan fingerprint density at radius 3 is 1.94 bits per heavy atom. The van der Waals surface area contributed by atoms with Crippen molar-refractivity contribution >= 4 is 7.82 Å². The van der Waals surface area contributed by atoms with E-state index in [9.17, 15) is 4.57 Å². The highest BCUT2D eigenvalue weighted by molar-refractivity contribution is 7.47. The van der Waals surface area contributed by atoms with Crippen LogP contribution in [0.1, 0.15) is 53.4 Å². The van der Waals surface area contributed by atoms with Crippen molar-refractivity contribution in [3.05, 3.63) is 0 Å². The predicted molar refractivity (Wildman–Crippen MR) is 73.0 cm³/mol. The summed E-state index contributed by atoms with van der Waals surface area (Å²) in [6.07, 6.45) is 3.73. The largest absolute Gasteiger partial charge is 0.471 e. The maximum absolute atomic E-state index is 10.8. The van der Waals surface area contributed by atoms with Crippen molar-refractivity contribution in [3.63, 3.8) is 0 Å². The van der Waals surface area contributed by atoms with Gasteiger partial charge < -0.3 is 10.6 Å². The molecule has 5 nitrogen and oxygen atoms in total. The van der Waals surface area contributed by atoms with Gasteiger partial charge in [-0.3, -0.25) is 9.05 Å². The van der Waals surface area contributed by atoms with Crippen molar-refractivity contribution in [2.45, 2.75) is 53.4 Å². The SMILES string of the molecule is CC.CC.COP(=O)(O)OCCCCCCN. The summed E-state index contributed by atoms with van der Waals surface area (Å²) in [4.78, 5) is 8.82. The molecule has 0 fully saturated rings. The maximum atomic E-state index is 10.8. The predicted octanol–water partition coefficient (Wildman–Crippen LogP) is 3.32. The molecule has 0 radical (unpaired) electrons. The molecule has 17 heavy (non-hydrogen) atoms. The number of phosphoric ester groups is 1. The minimum atomic E-state index is -3.75. The van der Waals surface area contributed by atoms with Crippen molar-refractivity contribution in [2.24, 2.45) is 5.73 Å². The van der Waals surface area contributed by atoms with Crippen LogP contribution < -0.4 is 5.73 Å². The molecule has 0 aliphatic heterocycles. The van der Waals surface area contributed by atoms with Crippen LogP contribution in [0.3, 0.4) is 0 Å². The van der Waals surface area contributed by atoms with Gasteiger partial charge in [-0.25, -0.2) is 4.57 Å². The normalized spacial score (nSPS) is 12.6. The molecule has 0 amide bonds. The molecular weight excluding hydrogens is 241 g/mol. The quantitative estimate of drug-likeness (QED) is 0.522. The van der Waals surface area contributed by atoms with E-state index in [0.717, 1.165) is 32.8 Å². The summed E-state index contributed by atoms with van der Waals surface area (Å²) >= 11 is 0. The fourth-order valence-corrected chi connectivity index (χ4v) is 1.30. The lowest BCUT2D eigenvalue weighted by Crippen LogP contribution is -1.99. The van der Waals surface area contributed by atoms with E-state index in [1.165, 1.54) is 0 Å². The average Bonchev–Trinajstić information content (AvgIpc) is 2.38. The number of nitrogens with two attached hydrogens (primary N) is 1. The summed E-state index contributed by atoms with van der Waals surface area (Å²) in [7, 11) is -2.61. The minimum absolute atomic E-state index is 0.256. The number of hydrogen-bond donors (Lipinski definition) is 2. The Morgan fingerprint density at radius 2 is 1.53 bits per heavy atom. The second-order valence-corrected chi connectivity index (χ2v) is 4.25. The van der Waals surface area contributed by atoms with Crippen LogP contribution in [0, 0.1) is 0 Å². The highest BCUT2D eigenvalue weighted by Gasteiger charge is 2.16. The second-order valence-electron chi connectivity index (χ2n) is 2.69. The average molecular weight is 271 g/mol. The van der Waals surface area contributed by atoms with Crippen LogP contribution >= 0.6 is 7.82 Å². The van der Waals surface area contributed by atoms with E-state index in [1.807, 2.05) is 27.7 Å². The molecule has 1 unspecified atom stereocenters. The zero-order chi connectivity index (χ0) is 14.2. The standard InChI is InChI=1S/C7H18NO4P.2C2H6/c1-11-13(9,10)12-7-5-3-2-4-6-8;2*1-2/h2-8H2,1H3,(H,9,10);2*1-2H3. The first-order valence-electron chi connectivity index (χ1n) is 6.35. The van der Waals surface area contributed by atoms with Gasteiger partial charge >= 0.3 is 7.82 Å². The van der Waals surface area contributed by atoms with Gasteiger partial charge in [0.1, 0.15) is 0 Å². The molecule has 0 aromatic heterocycles. The first-order valence-corrected chi connectivity index (χ1v) is 7.85. The first-order chi connectivity index (χ1) is 8.12. The van der Waals surface area contributed by atoms with Gasteiger partial charge in [0.25, 0.3) is 0 Å². The second kappa shape index (κ2) is 18.4. The molecule has 0 saturated heterocycles. The fourth-order valence-electron chi connectivity index (χ4n) is 0.833. The Labute approximate surface area is 106 Å². The third-order valence-corrected chi connectivity index (χ3v) is 2.55. The lowest BCUT2D eigenvalue weighted by molar-refractivity contribution is 0.170. The first kappa shape index (κ1) is 22.3. The molecule has 108 valence electrons. The van der Waals surface area contributed by atoms with Crippen LogP contribution in [0.4, 0.5) is 0 Å². The smallest absolute Gasteiger partial charge is 0.330 e. The van der Waals surface area contributed by atoms with E-state index in [0.29, 0.717) is 6.54 Å². The molecule has 6 heteroatoms. The van der Waals surface area contributed by atoms with Crippen molar-refractivity contribution in [1.29, 1.82) is 0 Å². The summed E-state index contributed by atoms with van der Waals surface area (Å²) in [5, 5.41) is 0. The van der Waals surface area contributed by atoms with E-state index in [-0.39, 0.29) is 6.61 Å². The van der Waals surface area contributed by atoms with E-state index in [4.69, 9.17) is 10.6 Å². The zero-order valence-electron chi connectivity index (χ0n) is 11.9. The number of hydrogen-bond acceptors (Lipinski definition) is 4. The summed E-state index contributed by atoms with van der Waals surface area (Å²) in [5.74, 6) is 0. The van der Waals surface area contributed by atoms with E-state index < -0.39 is 7.82 Å². The highest BCUT2D eigenvalue weighted by Crippen LogP contribution is 2.41. The molecule has 0 rings (SSSR count). The number of phosphoric acid groups is 1. The van der Waals surface area contributed by atoms with Gasteiger partial charge in [-0.1, -0.05) is 40.5 Å². The van der Waals surface area contributed by atoms with Crippen LogP contribution in [-0.4, -0.2) is 25.2 Å². The topological polar surface area (TPSA) is 81.8 Å². The Balaban J connectivity index is -0.000000439. The van der Waals surface area contributed by atoms with Gasteiger partial charge in [0.2, 0.25) is 0 Å². The molecule has 0 aliphatic rings. The molecular formula is C11H30NO4P. The van der Waals surface area contributed by atoms with Gasteiger partial charge in [-0.2, -0.15) is 0 Å². The van der Waals surface area contributed by atoms with Gasteiger partial charge in [-0.15, -0.1) is 0 Å². The van der Waals surface area contributed by atoms with Crippen molar-refractivity contribution < 1.29 is 18.5 Å². The monoisotopic (exact) mass is 271 g/mol. The molecule has 3 N–H and O–H groups in total. The maximum Gasteiger partial charge on any atom is 0.471 e. The summed E-state index contributed by atoms with van der Waals surface area (Å²) in [6, 6.07) is 0. The van der Waals surface area contributed by atoms with Crippen LogP contribution in [-0.2, 0) is 13.6 Å². The third kappa shape index (κ3) is 21.8. The molecule has 0 aromatic rings. The minimum Gasteiger partial charge on any atom is -0.330 e. The summed E-state index contributed by atoms with van der Waals surface area (Å²) in [5.41, 5.74) is 5.30. The van der Waals surface area contributed by atoms with Crippen molar-refractivity contribution in [2.75, 3.05) is 20.3 Å². The molecule has 0 heterocycles. The summed E-state index contributed by atoms with van der Waals surface area (Å²) < 4.78 is 19.6. The summed E-state index contributed by atoms with van der Waals surface area (Å²) in [6.45, 7) is 8.95. The van der Waals surface area contributed by atoms with Crippen LogP contribution in [0.5, 0.6) is 0 Å². The Bertz CT molecular complexity index is 168. The highest BCUT2D eigenvalue weighted by atomic mass is 31.2. The van der Waals surface area contributed by atoms with Gasteiger partial charge in [0.15, 0.2) is 0 Å². The Morgan fingerprint density at radius 1 is 1.06 bits per heavy atom. The molecule has 0 aromatic carbocycles. The molecule has 0 saturated carbocycles. The Kier molecular flexibility index (Phi) is 24.1. The lowest BCUT2D eigenvalue weighted by atomic mass is 10.2. The van der Waals surface area contributed by atoms with Crippen LogP contribution in [0.15, 0.2) is 0 Å².